The van der Waals surface area contributed by atoms with Crippen LogP contribution in [-0.2, 0) is 6.54 Å². The summed E-state index contributed by atoms with van der Waals surface area (Å²) in [7, 11) is 1.45. The Bertz CT molecular complexity index is 399. The van der Waals surface area contributed by atoms with E-state index < -0.39 is 18.9 Å². The number of nitrogens with one attached hydrogen (secondary N) is 1. The van der Waals surface area contributed by atoms with E-state index >= 15 is 0 Å². The van der Waals surface area contributed by atoms with Gasteiger partial charge in [-0.1, -0.05) is 0 Å². The number of hydrogen-bond donors (Lipinski definition) is 2. The van der Waals surface area contributed by atoms with Crippen molar-refractivity contribution >= 4 is 5.69 Å². The minimum Gasteiger partial charge on any atom is -0.497 e. The lowest BCUT2D eigenvalue weighted by Gasteiger charge is -2.16. The van der Waals surface area contributed by atoms with Gasteiger partial charge < -0.3 is 15.8 Å². The third kappa shape index (κ3) is 3.76. The maximum atomic E-state index is 12.6. The number of nitrogen functional groups attached to an aromatic ring is 1. The average Bonchev–Trinajstić information content (AvgIpc) is 2.31. The molecule has 1 aromatic rings. The van der Waals surface area contributed by atoms with Crippen molar-refractivity contribution in [2.24, 2.45) is 0 Å². The van der Waals surface area contributed by atoms with Gasteiger partial charge in [0.25, 0.3) is 0 Å². The first-order valence-electron chi connectivity index (χ1n) is 5.16. The molecule has 0 aliphatic heterocycles. The number of benzene rings is 1. The van der Waals surface area contributed by atoms with Gasteiger partial charge in [0, 0.05) is 12.2 Å². The van der Waals surface area contributed by atoms with Crippen molar-refractivity contribution in [1.82, 2.24) is 5.32 Å². The van der Waals surface area contributed by atoms with E-state index in [9.17, 15) is 17.6 Å². The van der Waals surface area contributed by atoms with Crippen LogP contribution in [0, 0.1) is 0 Å². The second-order valence-corrected chi connectivity index (χ2v) is 3.73. The van der Waals surface area contributed by atoms with Crippen LogP contribution in [0.25, 0.3) is 0 Å². The van der Waals surface area contributed by atoms with Crippen molar-refractivity contribution in [3.63, 3.8) is 0 Å². The highest BCUT2D eigenvalue weighted by atomic mass is 19.3. The lowest BCUT2D eigenvalue weighted by Crippen LogP contribution is -2.38. The molecule has 1 rings (SSSR count). The van der Waals surface area contributed by atoms with Gasteiger partial charge in [0.1, 0.15) is 5.75 Å². The molecule has 3 N–H and O–H groups in total. The normalized spacial score (nSPS) is 11.9. The highest BCUT2D eigenvalue weighted by molar-refractivity contribution is 5.50. The minimum atomic E-state index is -4.05. The largest absolute Gasteiger partial charge is 0.497 e. The van der Waals surface area contributed by atoms with Gasteiger partial charge in [-0.15, -0.1) is 0 Å². The average molecular weight is 266 g/mol. The smallest absolute Gasteiger partial charge is 0.319 e. The van der Waals surface area contributed by atoms with E-state index in [1.165, 1.54) is 7.11 Å². The third-order valence-electron chi connectivity index (χ3n) is 2.35. The van der Waals surface area contributed by atoms with Crippen molar-refractivity contribution in [3.05, 3.63) is 23.8 Å². The van der Waals surface area contributed by atoms with Crippen molar-refractivity contribution < 1.29 is 22.3 Å². The zero-order valence-corrected chi connectivity index (χ0v) is 9.72. The molecule has 102 valence electrons. The zero-order chi connectivity index (χ0) is 13.8. The number of anilines is 1. The number of methoxy groups -OCH3 is 1. The summed E-state index contributed by atoms with van der Waals surface area (Å²) in [6.45, 7) is -1.15. The molecule has 0 saturated carbocycles. The zero-order valence-electron chi connectivity index (χ0n) is 9.72. The van der Waals surface area contributed by atoms with Gasteiger partial charge >= 0.3 is 12.3 Å². The standard InChI is InChI=1S/C11H14F4N2O/c1-18-8-2-3-9(16)7(4-8)5-17-6-11(14,15)10(12)13/h2-4,10,17H,5-6,16H2,1H3. The fourth-order valence-electron chi connectivity index (χ4n) is 1.30. The summed E-state index contributed by atoms with van der Waals surface area (Å²) in [6, 6.07) is 4.73. The topological polar surface area (TPSA) is 47.3 Å². The summed E-state index contributed by atoms with van der Waals surface area (Å²) in [4.78, 5) is 0. The number of halogens is 4. The molecule has 18 heavy (non-hydrogen) atoms. The number of rotatable bonds is 6. The Labute approximate surface area is 102 Å². The molecule has 7 heteroatoms. The molecular weight excluding hydrogens is 252 g/mol. The predicted molar refractivity (Wildman–Crippen MR) is 60.1 cm³/mol. The van der Waals surface area contributed by atoms with E-state index in [2.05, 4.69) is 5.32 Å². The molecule has 0 unspecified atom stereocenters. The van der Waals surface area contributed by atoms with Crippen LogP contribution in [-0.4, -0.2) is 26.0 Å². The van der Waals surface area contributed by atoms with Gasteiger partial charge in [-0.3, -0.25) is 0 Å². The second-order valence-electron chi connectivity index (χ2n) is 3.73. The molecule has 0 heterocycles. The van der Waals surface area contributed by atoms with Crippen molar-refractivity contribution in [2.45, 2.75) is 18.9 Å². The van der Waals surface area contributed by atoms with Gasteiger partial charge in [0.05, 0.1) is 13.7 Å². The molecule has 0 aromatic heterocycles. The summed E-state index contributed by atoms with van der Waals surface area (Å²) < 4.78 is 54.0. The maximum absolute atomic E-state index is 12.6. The van der Waals surface area contributed by atoms with E-state index in [-0.39, 0.29) is 6.54 Å². The lowest BCUT2D eigenvalue weighted by atomic mass is 10.1. The highest BCUT2D eigenvalue weighted by Crippen LogP contribution is 2.23. The summed E-state index contributed by atoms with van der Waals surface area (Å²) in [5.74, 6) is -3.53. The van der Waals surface area contributed by atoms with Gasteiger partial charge in [0.2, 0.25) is 0 Å². The molecule has 0 saturated heterocycles. The van der Waals surface area contributed by atoms with Crippen LogP contribution < -0.4 is 15.8 Å². The monoisotopic (exact) mass is 266 g/mol. The van der Waals surface area contributed by atoms with E-state index in [1.807, 2.05) is 0 Å². The van der Waals surface area contributed by atoms with Crippen LogP contribution in [0.3, 0.4) is 0 Å². The first-order valence-corrected chi connectivity index (χ1v) is 5.16. The lowest BCUT2D eigenvalue weighted by molar-refractivity contribution is -0.125. The van der Waals surface area contributed by atoms with Crippen LogP contribution in [0.4, 0.5) is 23.2 Å². The molecule has 0 fully saturated rings. The molecule has 0 aliphatic rings. The third-order valence-corrected chi connectivity index (χ3v) is 2.35. The van der Waals surface area contributed by atoms with Gasteiger partial charge in [-0.2, -0.15) is 8.78 Å². The molecule has 3 nitrogen and oxygen atoms in total. The molecule has 0 radical (unpaired) electrons. The Hall–Kier alpha value is -1.50. The van der Waals surface area contributed by atoms with Gasteiger partial charge in [-0.25, -0.2) is 8.78 Å². The van der Waals surface area contributed by atoms with Gasteiger partial charge in [-0.05, 0) is 23.8 Å². The maximum Gasteiger partial charge on any atom is 0.319 e. The molecule has 1 aromatic carbocycles. The first kappa shape index (κ1) is 14.6. The first-order chi connectivity index (χ1) is 8.36. The highest BCUT2D eigenvalue weighted by Gasteiger charge is 2.39. The molecule has 0 bridgehead atoms. The number of alkyl halides is 4. The summed E-state index contributed by atoms with van der Waals surface area (Å²) in [6.07, 6.45) is -3.69. The Kier molecular flexibility index (Phi) is 4.77. The van der Waals surface area contributed by atoms with Crippen LogP contribution in [0.15, 0.2) is 18.2 Å². The summed E-state index contributed by atoms with van der Waals surface area (Å²) in [5.41, 5.74) is 6.51. The molecular formula is C11H14F4N2O. The fraction of sp³-hybridized carbons (Fsp3) is 0.455. The van der Waals surface area contributed by atoms with Crippen molar-refractivity contribution in [3.8, 4) is 5.75 Å². The van der Waals surface area contributed by atoms with Crippen molar-refractivity contribution in [1.29, 1.82) is 0 Å². The second kappa shape index (κ2) is 5.90. The van der Waals surface area contributed by atoms with Crippen molar-refractivity contribution in [2.75, 3.05) is 19.4 Å². The van der Waals surface area contributed by atoms with Crippen LogP contribution >= 0.6 is 0 Å². The Morgan fingerprint density at radius 2 is 2.06 bits per heavy atom. The Morgan fingerprint density at radius 1 is 1.39 bits per heavy atom. The van der Waals surface area contributed by atoms with E-state index in [1.54, 1.807) is 18.2 Å². The summed E-state index contributed by atoms with van der Waals surface area (Å²) >= 11 is 0. The molecule has 0 amide bonds. The predicted octanol–water partition coefficient (Wildman–Crippen LogP) is 2.27. The SMILES string of the molecule is COc1ccc(N)c(CNCC(F)(F)C(F)F)c1. The molecule has 0 spiro atoms. The molecule has 0 atom stereocenters. The quantitative estimate of drug-likeness (QED) is 0.613. The van der Waals surface area contributed by atoms with Crippen LogP contribution in [0.1, 0.15) is 5.56 Å². The summed E-state index contributed by atoms with van der Waals surface area (Å²) in [5, 5.41) is 2.25. The van der Waals surface area contributed by atoms with E-state index in [4.69, 9.17) is 10.5 Å². The Morgan fingerprint density at radius 3 is 2.61 bits per heavy atom. The van der Waals surface area contributed by atoms with Crippen LogP contribution in [0.2, 0.25) is 0 Å². The minimum absolute atomic E-state index is 0.0364. The van der Waals surface area contributed by atoms with Crippen LogP contribution in [0.5, 0.6) is 5.75 Å². The van der Waals surface area contributed by atoms with E-state index in [0.29, 0.717) is 17.0 Å². The number of ether oxygens (including phenoxy) is 1. The number of nitrogens with two attached hydrogens (primary N) is 1. The molecule has 0 aliphatic carbocycles. The fourth-order valence-corrected chi connectivity index (χ4v) is 1.30. The number of hydrogen-bond acceptors (Lipinski definition) is 3. The Balaban J connectivity index is 2.58. The van der Waals surface area contributed by atoms with Gasteiger partial charge in [0.15, 0.2) is 0 Å². The van der Waals surface area contributed by atoms with E-state index in [0.717, 1.165) is 0 Å².